The molecule has 0 amide bonds. The van der Waals surface area contributed by atoms with Crippen LogP contribution in [0.15, 0.2) is 55.0 Å². The number of hydrogen-bond donors (Lipinski definition) is 2. The van der Waals surface area contributed by atoms with E-state index in [0.29, 0.717) is 28.3 Å². The van der Waals surface area contributed by atoms with Crippen LogP contribution in [0.3, 0.4) is 0 Å². The number of nitrogens with one attached hydrogen (secondary N) is 1. The Morgan fingerprint density at radius 3 is 2.54 bits per heavy atom. The number of anilines is 4. The van der Waals surface area contributed by atoms with Crippen molar-refractivity contribution in [2.45, 2.75) is 19.3 Å². The highest BCUT2D eigenvalue weighted by Crippen LogP contribution is 2.31. The summed E-state index contributed by atoms with van der Waals surface area (Å²) in [7, 11) is 0. The van der Waals surface area contributed by atoms with Crippen molar-refractivity contribution in [3.8, 4) is 0 Å². The van der Waals surface area contributed by atoms with E-state index in [1.807, 2.05) is 0 Å². The summed E-state index contributed by atoms with van der Waals surface area (Å²) in [6.45, 7) is 1.88. The van der Waals surface area contributed by atoms with E-state index in [0.717, 1.165) is 38.2 Å². The summed E-state index contributed by atoms with van der Waals surface area (Å²) in [5.41, 5.74) is 8.32. The van der Waals surface area contributed by atoms with E-state index in [1.165, 1.54) is 5.56 Å². The van der Waals surface area contributed by atoms with Gasteiger partial charge in [-0.05, 0) is 42.9 Å². The van der Waals surface area contributed by atoms with Gasteiger partial charge in [0.2, 0.25) is 0 Å². The minimum Gasteiger partial charge on any atom is -0.393 e. The van der Waals surface area contributed by atoms with Gasteiger partial charge in [-0.1, -0.05) is 41.9 Å². The smallest absolute Gasteiger partial charge is 0.160 e. The topological polar surface area (TPSA) is 80.0 Å². The molecule has 144 valence electrons. The lowest BCUT2D eigenvalue weighted by Crippen LogP contribution is -2.35. The van der Waals surface area contributed by atoms with E-state index in [-0.39, 0.29) is 0 Å². The zero-order valence-corrected chi connectivity index (χ0v) is 16.3. The molecule has 28 heavy (non-hydrogen) atoms. The number of nitrogens with zero attached hydrogens (tertiary/aromatic N) is 4. The van der Waals surface area contributed by atoms with Gasteiger partial charge in [-0.3, -0.25) is 0 Å². The summed E-state index contributed by atoms with van der Waals surface area (Å²) in [4.78, 5) is 15.2. The lowest BCUT2D eigenvalue weighted by Gasteiger charge is -2.33. The average Bonchev–Trinajstić information content (AvgIpc) is 2.73. The fourth-order valence-electron chi connectivity index (χ4n) is 3.61. The molecule has 2 aromatic heterocycles. The average molecular weight is 395 g/mol. The van der Waals surface area contributed by atoms with Crippen LogP contribution in [0, 0.1) is 5.92 Å². The molecule has 0 unspecified atom stereocenters. The van der Waals surface area contributed by atoms with Gasteiger partial charge >= 0.3 is 0 Å². The molecule has 0 aliphatic carbocycles. The zero-order chi connectivity index (χ0) is 19.3. The molecule has 0 bridgehead atoms. The SMILES string of the molecule is Nc1c(Nc2ccc(Cl)cn2)ncnc1N1CCC(Cc2ccccc2)CC1. The molecular weight excluding hydrogens is 372 g/mol. The number of piperidine rings is 1. The van der Waals surface area contributed by atoms with Crippen molar-refractivity contribution in [1.82, 2.24) is 15.0 Å². The first-order chi connectivity index (χ1) is 13.7. The van der Waals surface area contributed by atoms with Crippen molar-refractivity contribution in [2.24, 2.45) is 5.92 Å². The molecule has 0 atom stereocenters. The van der Waals surface area contributed by atoms with Gasteiger partial charge in [0.1, 0.15) is 17.8 Å². The Kier molecular flexibility index (Phi) is 5.58. The third-order valence-electron chi connectivity index (χ3n) is 5.12. The summed E-state index contributed by atoms with van der Waals surface area (Å²) < 4.78 is 0. The van der Waals surface area contributed by atoms with Gasteiger partial charge in [0.25, 0.3) is 0 Å². The Balaban J connectivity index is 1.41. The first-order valence-electron chi connectivity index (χ1n) is 9.47. The van der Waals surface area contributed by atoms with Crippen LogP contribution in [0.5, 0.6) is 0 Å². The molecule has 1 aliphatic rings. The van der Waals surface area contributed by atoms with E-state index >= 15 is 0 Å². The molecule has 0 saturated carbocycles. The lowest BCUT2D eigenvalue weighted by molar-refractivity contribution is 0.402. The minimum atomic E-state index is 0.542. The molecule has 7 heteroatoms. The van der Waals surface area contributed by atoms with Crippen molar-refractivity contribution in [2.75, 3.05) is 29.0 Å². The number of nitrogen functional groups attached to an aromatic ring is 1. The summed E-state index contributed by atoms with van der Waals surface area (Å²) in [6.07, 6.45) is 6.50. The number of benzene rings is 1. The van der Waals surface area contributed by atoms with E-state index in [4.69, 9.17) is 17.3 Å². The highest BCUT2D eigenvalue weighted by atomic mass is 35.5. The Morgan fingerprint density at radius 1 is 1.04 bits per heavy atom. The number of aromatic nitrogens is 3. The third kappa shape index (κ3) is 4.34. The number of rotatable bonds is 5. The first kappa shape index (κ1) is 18.5. The molecule has 1 saturated heterocycles. The number of halogens is 1. The van der Waals surface area contributed by atoms with Gasteiger partial charge in [0, 0.05) is 19.3 Å². The maximum Gasteiger partial charge on any atom is 0.160 e. The fourth-order valence-corrected chi connectivity index (χ4v) is 3.72. The summed E-state index contributed by atoms with van der Waals surface area (Å²) in [5.74, 6) is 2.68. The number of nitrogens with two attached hydrogens (primary N) is 1. The standard InChI is InChI=1S/C21H23ClN6/c22-17-6-7-18(24-13-17)27-20-19(23)21(26-14-25-20)28-10-8-16(9-11-28)12-15-4-2-1-3-5-15/h1-7,13-14,16H,8-12,23H2,(H,24,25,26,27). The molecule has 1 fully saturated rings. The molecule has 1 aliphatic heterocycles. The van der Waals surface area contributed by atoms with Crippen LogP contribution >= 0.6 is 11.6 Å². The molecule has 3 N–H and O–H groups in total. The van der Waals surface area contributed by atoms with Crippen LogP contribution in [0.4, 0.5) is 23.1 Å². The maximum absolute atomic E-state index is 6.37. The molecule has 4 rings (SSSR count). The van der Waals surface area contributed by atoms with Gasteiger partial charge in [0.05, 0.1) is 5.02 Å². The Morgan fingerprint density at radius 2 is 1.82 bits per heavy atom. The maximum atomic E-state index is 6.37. The monoisotopic (exact) mass is 394 g/mol. The van der Waals surface area contributed by atoms with Gasteiger partial charge < -0.3 is 16.0 Å². The second-order valence-corrected chi connectivity index (χ2v) is 7.50. The van der Waals surface area contributed by atoms with Gasteiger partial charge in [-0.15, -0.1) is 0 Å². The normalized spacial score (nSPS) is 14.8. The molecule has 1 aromatic carbocycles. The van der Waals surface area contributed by atoms with Crippen LogP contribution in [-0.2, 0) is 6.42 Å². The van der Waals surface area contributed by atoms with Crippen molar-refractivity contribution < 1.29 is 0 Å². The molecule has 3 aromatic rings. The van der Waals surface area contributed by atoms with Gasteiger partial charge in [-0.25, -0.2) is 15.0 Å². The van der Waals surface area contributed by atoms with Crippen molar-refractivity contribution in [3.63, 3.8) is 0 Å². The highest BCUT2D eigenvalue weighted by Gasteiger charge is 2.23. The fraction of sp³-hybridized carbons (Fsp3) is 0.286. The summed E-state index contributed by atoms with van der Waals surface area (Å²) >= 11 is 5.89. The predicted octanol–water partition coefficient (Wildman–Crippen LogP) is 4.31. The second-order valence-electron chi connectivity index (χ2n) is 7.07. The van der Waals surface area contributed by atoms with Gasteiger partial charge in [0.15, 0.2) is 11.6 Å². The number of hydrogen-bond acceptors (Lipinski definition) is 6. The Bertz CT molecular complexity index is 908. The first-order valence-corrected chi connectivity index (χ1v) is 9.85. The third-order valence-corrected chi connectivity index (χ3v) is 5.34. The predicted molar refractivity (Wildman–Crippen MR) is 114 cm³/mol. The number of pyridine rings is 1. The largest absolute Gasteiger partial charge is 0.393 e. The van der Waals surface area contributed by atoms with E-state index in [1.54, 1.807) is 24.7 Å². The minimum absolute atomic E-state index is 0.542. The van der Waals surface area contributed by atoms with Crippen LogP contribution in [0.25, 0.3) is 0 Å². The molecule has 0 spiro atoms. The van der Waals surface area contributed by atoms with Crippen molar-refractivity contribution in [3.05, 3.63) is 65.6 Å². The summed E-state index contributed by atoms with van der Waals surface area (Å²) in [6, 6.07) is 14.3. The van der Waals surface area contributed by atoms with E-state index < -0.39 is 0 Å². The lowest BCUT2D eigenvalue weighted by atomic mass is 9.90. The highest BCUT2D eigenvalue weighted by molar-refractivity contribution is 6.30. The zero-order valence-electron chi connectivity index (χ0n) is 15.6. The van der Waals surface area contributed by atoms with E-state index in [9.17, 15) is 0 Å². The Hall–Kier alpha value is -2.86. The molecule has 6 nitrogen and oxygen atoms in total. The second kappa shape index (κ2) is 8.44. The van der Waals surface area contributed by atoms with Crippen LogP contribution < -0.4 is 16.0 Å². The van der Waals surface area contributed by atoms with Crippen LogP contribution in [-0.4, -0.2) is 28.0 Å². The molecule has 0 radical (unpaired) electrons. The van der Waals surface area contributed by atoms with Crippen molar-refractivity contribution >= 4 is 34.7 Å². The van der Waals surface area contributed by atoms with E-state index in [2.05, 4.69) is 55.5 Å². The van der Waals surface area contributed by atoms with Crippen LogP contribution in [0.1, 0.15) is 18.4 Å². The van der Waals surface area contributed by atoms with Crippen molar-refractivity contribution in [1.29, 1.82) is 0 Å². The quantitative estimate of drug-likeness (QED) is 0.671. The molecule has 3 heterocycles. The summed E-state index contributed by atoms with van der Waals surface area (Å²) in [5, 5.41) is 3.73. The molecular formula is C21H23ClN6. The van der Waals surface area contributed by atoms with Crippen LogP contribution in [0.2, 0.25) is 5.02 Å². The Labute approximate surface area is 169 Å². The van der Waals surface area contributed by atoms with Gasteiger partial charge in [-0.2, -0.15) is 0 Å².